The number of allylic oxidation sites excluding steroid dienone is 2. The Hall–Kier alpha value is -5.08. The van der Waals surface area contributed by atoms with Crippen molar-refractivity contribution in [3.63, 3.8) is 0 Å². The molecule has 5 aromatic carbocycles. The van der Waals surface area contributed by atoms with Gasteiger partial charge in [-0.25, -0.2) is 0 Å². The number of hydrogen-bond donors (Lipinski definition) is 0. The van der Waals surface area contributed by atoms with Crippen LogP contribution in [-0.2, 0) is 18.3 Å². The van der Waals surface area contributed by atoms with E-state index in [-0.39, 0.29) is 5.41 Å². The Bertz CT molecular complexity index is 2370. The highest BCUT2D eigenvalue weighted by Gasteiger charge is 2.39. The van der Waals surface area contributed by atoms with Crippen LogP contribution in [0.1, 0.15) is 37.5 Å². The van der Waals surface area contributed by atoms with Crippen molar-refractivity contribution < 1.29 is 9.13 Å². The zero-order chi connectivity index (χ0) is 29.6. The first-order valence-electron chi connectivity index (χ1n) is 15.7. The van der Waals surface area contributed by atoms with Gasteiger partial charge in [0.05, 0.1) is 24.0 Å². The van der Waals surface area contributed by atoms with Crippen LogP contribution in [0.4, 0.5) is 0 Å². The first kappa shape index (κ1) is 25.4. The van der Waals surface area contributed by atoms with E-state index in [1.807, 2.05) is 0 Å². The van der Waals surface area contributed by atoms with Crippen molar-refractivity contribution in [2.75, 3.05) is 0 Å². The van der Waals surface area contributed by atoms with Gasteiger partial charge in [-0.2, -0.15) is 9.13 Å². The predicted octanol–water partition coefficient (Wildman–Crippen LogP) is 9.29. The third kappa shape index (κ3) is 3.80. The summed E-state index contributed by atoms with van der Waals surface area (Å²) in [6.07, 6.45) is 6.34. The van der Waals surface area contributed by atoms with Gasteiger partial charge in [0.1, 0.15) is 0 Å². The van der Waals surface area contributed by atoms with Crippen LogP contribution in [0.5, 0.6) is 0 Å². The summed E-state index contributed by atoms with van der Waals surface area (Å²) in [6.45, 7) is 6.92. The number of benzene rings is 5. The third-order valence-electron chi connectivity index (χ3n) is 9.80. The summed E-state index contributed by atoms with van der Waals surface area (Å²) in [5, 5.41) is 7.82. The second-order valence-electron chi connectivity index (χ2n) is 13.5. The van der Waals surface area contributed by atoms with Gasteiger partial charge in [-0.15, -0.1) is 0 Å². The van der Waals surface area contributed by atoms with Gasteiger partial charge in [0.2, 0.25) is 11.4 Å². The fourth-order valence-electron chi connectivity index (χ4n) is 7.48. The molecule has 0 N–H and O–H groups in total. The van der Waals surface area contributed by atoms with Crippen LogP contribution in [0.15, 0.2) is 128 Å². The second kappa shape index (κ2) is 9.21. The number of rotatable bonds is 0. The van der Waals surface area contributed by atoms with E-state index in [4.69, 9.17) is 0 Å². The molecule has 0 bridgehead atoms. The molecule has 0 saturated carbocycles. The molecule has 0 aliphatic carbocycles. The van der Waals surface area contributed by atoms with Crippen molar-refractivity contribution in [1.29, 1.82) is 0 Å². The Kier molecular flexibility index (Phi) is 5.32. The molecule has 4 heterocycles. The quantitative estimate of drug-likeness (QED) is 0.128. The number of pyridine rings is 2. The van der Waals surface area contributed by atoms with Crippen molar-refractivity contribution in [3.05, 3.63) is 144 Å². The molecule has 0 fully saturated rings. The van der Waals surface area contributed by atoms with Crippen LogP contribution in [0.2, 0.25) is 0 Å². The topological polar surface area (TPSA) is 7.76 Å². The van der Waals surface area contributed by atoms with Gasteiger partial charge < -0.3 is 0 Å². The normalized spacial score (nSPS) is 15.6. The molecule has 44 heavy (non-hydrogen) atoms. The molecule has 0 radical (unpaired) electrons. The molecule has 2 aromatic heterocycles. The minimum absolute atomic E-state index is 0.0632. The van der Waals surface area contributed by atoms with Crippen molar-refractivity contribution >= 4 is 43.7 Å². The number of nitrogens with zero attached hydrogens (tertiary/aromatic N) is 2. The van der Waals surface area contributed by atoms with E-state index < -0.39 is 0 Å². The van der Waals surface area contributed by atoms with E-state index >= 15 is 0 Å². The summed E-state index contributed by atoms with van der Waals surface area (Å²) in [7, 11) is 0. The summed E-state index contributed by atoms with van der Waals surface area (Å²) >= 11 is 0. The Labute approximate surface area is 258 Å². The lowest BCUT2D eigenvalue weighted by atomic mass is 9.84. The molecule has 0 unspecified atom stereocenters. The lowest BCUT2D eigenvalue weighted by molar-refractivity contribution is -0.602. The maximum absolute atomic E-state index is 2.48. The van der Waals surface area contributed by atoms with Crippen molar-refractivity contribution in [2.24, 2.45) is 0 Å². The Balaban J connectivity index is 1.31. The van der Waals surface area contributed by atoms with Gasteiger partial charge in [0.25, 0.3) is 11.4 Å². The molecule has 0 atom stereocenters. The molecule has 0 saturated heterocycles. The SMILES string of the molecule is CC(C)(C)c1cc[n+]2c(c1)-c1cc3ccccc3cc1C/C2=C1/Cc2cc3ccc4ccccc4c3cc2-c2cccc[n+]21. The predicted molar refractivity (Wildman–Crippen MR) is 182 cm³/mol. The van der Waals surface area contributed by atoms with E-state index in [9.17, 15) is 0 Å². The van der Waals surface area contributed by atoms with Crippen LogP contribution < -0.4 is 9.13 Å². The smallest absolute Gasteiger partial charge is 0.158 e. The van der Waals surface area contributed by atoms with Crippen LogP contribution in [-0.4, -0.2) is 0 Å². The number of hydrogen-bond acceptors (Lipinski definition) is 0. The summed E-state index contributed by atoms with van der Waals surface area (Å²) in [6, 6.07) is 43.1. The van der Waals surface area contributed by atoms with E-state index in [1.165, 1.54) is 82.9 Å². The Morgan fingerprint density at radius 1 is 0.477 bits per heavy atom. The van der Waals surface area contributed by atoms with E-state index in [0.29, 0.717) is 0 Å². The fraction of sp³-hybridized carbons (Fsp3) is 0.143. The van der Waals surface area contributed by atoms with Gasteiger partial charge in [0, 0.05) is 24.3 Å². The van der Waals surface area contributed by atoms with Gasteiger partial charge in [0.15, 0.2) is 12.4 Å². The lowest BCUT2D eigenvalue weighted by Gasteiger charge is -2.24. The number of aromatic nitrogens is 2. The van der Waals surface area contributed by atoms with Crippen LogP contribution in [0, 0.1) is 0 Å². The molecule has 2 aliphatic heterocycles. The van der Waals surface area contributed by atoms with Crippen molar-refractivity contribution in [1.82, 2.24) is 0 Å². The molecule has 210 valence electrons. The third-order valence-corrected chi connectivity index (χ3v) is 9.80. The van der Waals surface area contributed by atoms with Gasteiger partial charge in [-0.1, -0.05) is 81.4 Å². The summed E-state index contributed by atoms with van der Waals surface area (Å²) in [5.41, 5.74) is 12.1. The minimum atomic E-state index is 0.0632. The molecule has 2 nitrogen and oxygen atoms in total. The highest BCUT2D eigenvalue weighted by Crippen LogP contribution is 2.40. The summed E-state index contributed by atoms with van der Waals surface area (Å²) in [4.78, 5) is 0. The largest absolute Gasteiger partial charge is 0.259 e. The molecule has 9 rings (SSSR count). The Morgan fingerprint density at radius 3 is 1.86 bits per heavy atom. The fourth-order valence-corrected chi connectivity index (χ4v) is 7.48. The average Bonchev–Trinajstić information content (AvgIpc) is 3.05. The molecular formula is C42H34N2+2. The van der Waals surface area contributed by atoms with Crippen LogP contribution in [0.25, 0.3) is 66.2 Å². The first-order chi connectivity index (χ1) is 21.4. The van der Waals surface area contributed by atoms with E-state index in [1.54, 1.807) is 0 Å². The van der Waals surface area contributed by atoms with Gasteiger partial charge in [-0.05, 0) is 84.8 Å². The maximum atomic E-state index is 2.48. The lowest BCUT2D eigenvalue weighted by Crippen LogP contribution is -2.47. The Morgan fingerprint density at radius 2 is 1.09 bits per heavy atom. The van der Waals surface area contributed by atoms with E-state index in [0.717, 1.165) is 12.8 Å². The highest BCUT2D eigenvalue weighted by molar-refractivity contribution is 6.09. The van der Waals surface area contributed by atoms with Crippen LogP contribution >= 0.6 is 0 Å². The zero-order valence-corrected chi connectivity index (χ0v) is 25.4. The molecule has 0 amide bonds. The second-order valence-corrected chi connectivity index (χ2v) is 13.5. The molecule has 2 aliphatic rings. The standard InChI is InChI=1S/C42H34N2/c1-42(2,3)33-17-19-44-39(25-33)36-22-29-12-5-4-11-28(29)20-31(36)23-41(44)40-24-32-21-30-16-15-27-10-6-7-13-34(27)35(30)26-37(32)38-14-8-9-18-43(38)40/h4-22,25-26H,23-24H2,1-3H3/q+2/b41-40+. The van der Waals surface area contributed by atoms with Crippen molar-refractivity contribution in [3.8, 4) is 22.5 Å². The van der Waals surface area contributed by atoms with Crippen LogP contribution in [0.3, 0.4) is 0 Å². The zero-order valence-electron chi connectivity index (χ0n) is 25.4. The maximum Gasteiger partial charge on any atom is 0.259 e. The summed E-state index contributed by atoms with van der Waals surface area (Å²) < 4.78 is 4.93. The monoisotopic (exact) mass is 566 g/mol. The first-order valence-corrected chi connectivity index (χ1v) is 15.7. The molecule has 7 aromatic rings. The highest BCUT2D eigenvalue weighted by atomic mass is 15.1. The van der Waals surface area contributed by atoms with Crippen molar-refractivity contribution in [2.45, 2.75) is 39.0 Å². The molecule has 2 heteroatoms. The van der Waals surface area contributed by atoms with Gasteiger partial charge >= 0.3 is 0 Å². The summed E-state index contributed by atoms with van der Waals surface area (Å²) in [5.74, 6) is 0. The molecule has 0 spiro atoms. The van der Waals surface area contributed by atoms with Gasteiger partial charge in [-0.3, -0.25) is 0 Å². The number of fused-ring (bicyclic) bond motifs is 10. The average molecular weight is 567 g/mol. The minimum Gasteiger partial charge on any atom is -0.158 e. The molecular weight excluding hydrogens is 532 g/mol. The van der Waals surface area contributed by atoms with E-state index in [2.05, 4.69) is 158 Å².